The maximum atomic E-state index is 12.4. The first kappa shape index (κ1) is 13.5. The van der Waals surface area contributed by atoms with Crippen molar-refractivity contribution in [3.8, 4) is 0 Å². The molecule has 3 nitrogen and oxygen atoms in total. The van der Waals surface area contributed by atoms with Crippen molar-refractivity contribution in [2.75, 3.05) is 6.61 Å². The third kappa shape index (κ3) is 3.28. The Hall–Kier alpha value is -1.97. The third-order valence-electron chi connectivity index (χ3n) is 2.96. The normalized spacial score (nSPS) is 12.1. The van der Waals surface area contributed by atoms with Gasteiger partial charge < -0.3 is 10.2 Å². The van der Waals surface area contributed by atoms with E-state index >= 15 is 0 Å². The average molecular weight is 256 g/mol. The van der Waals surface area contributed by atoms with Crippen LogP contribution in [0.2, 0.25) is 0 Å². The highest BCUT2D eigenvalue weighted by atomic mass is 16.3. The van der Waals surface area contributed by atoms with Gasteiger partial charge in [0.05, 0.1) is 12.7 Å². The lowest BCUT2D eigenvalue weighted by molar-refractivity contribution is 0.0945. The van der Waals surface area contributed by atoms with Crippen molar-refractivity contribution in [2.24, 2.45) is 0 Å². The molecule has 2 aromatic carbocycles. The van der Waals surface area contributed by atoms with Gasteiger partial charge in [-0.05, 0) is 5.56 Å². The van der Waals surface area contributed by atoms with E-state index in [0.29, 0.717) is 11.1 Å². The van der Waals surface area contributed by atoms with Gasteiger partial charge in [-0.3, -0.25) is 4.79 Å². The fourth-order valence-corrected chi connectivity index (χ4v) is 1.98. The van der Waals surface area contributed by atoms with Crippen LogP contribution in [-0.2, 0) is 6.42 Å². The van der Waals surface area contributed by atoms with Gasteiger partial charge in [0.15, 0.2) is 5.78 Å². The van der Waals surface area contributed by atoms with E-state index in [1.165, 1.54) is 0 Å². The molecule has 98 valence electrons. The molecule has 0 aliphatic rings. The lowest BCUT2D eigenvalue weighted by Crippen LogP contribution is -2.17. The SMILES string of the molecule is O=C(c1ccccc1)c1ccccc1CC(O)CO. The molecule has 2 aromatic rings. The van der Waals surface area contributed by atoms with Crippen molar-refractivity contribution in [2.45, 2.75) is 12.5 Å². The molecule has 1 atom stereocenters. The maximum absolute atomic E-state index is 12.4. The average Bonchev–Trinajstić information content (AvgIpc) is 2.48. The van der Waals surface area contributed by atoms with Crippen molar-refractivity contribution < 1.29 is 15.0 Å². The molecule has 1 unspecified atom stereocenters. The summed E-state index contributed by atoms with van der Waals surface area (Å²) < 4.78 is 0. The zero-order valence-electron chi connectivity index (χ0n) is 10.5. The van der Waals surface area contributed by atoms with E-state index < -0.39 is 6.10 Å². The molecule has 0 amide bonds. The first-order valence-electron chi connectivity index (χ1n) is 6.19. The van der Waals surface area contributed by atoms with Gasteiger partial charge in [-0.1, -0.05) is 54.6 Å². The van der Waals surface area contributed by atoms with Crippen LogP contribution in [-0.4, -0.2) is 28.7 Å². The van der Waals surface area contributed by atoms with Gasteiger partial charge in [0, 0.05) is 17.5 Å². The van der Waals surface area contributed by atoms with Crippen LogP contribution in [0.25, 0.3) is 0 Å². The highest BCUT2D eigenvalue weighted by Crippen LogP contribution is 2.16. The van der Waals surface area contributed by atoms with Crippen molar-refractivity contribution in [3.05, 3.63) is 71.3 Å². The predicted molar refractivity (Wildman–Crippen MR) is 73.1 cm³/mol. The minimum Gasteiger partial charge on any atom is -0.394 e. The zero-order valence-corrected chi connectivity index (χ0v) is 10.5. The Bertz CT molecular complexity index is 549. The van der Waals surface area contributed by atoms with Crippen LogP contribution in [0.4, 0.5) is 0 Å². The third-order valence-corrected chi connectivity index (χ3v) is 2.96. The van der Waals surface area contributed by atoms with E-state index in [-0.39, 0.29) is 18.8 Å². The second kappa shape index (κ2) is 6.27. The summed E-state index contributed by atoms with van der Waals surface area (Å²) in [6.45, 7) is -0.312. The number of hydrogen-bond acceptors (Lipinski definition) is 3. The molecule has 0 saturated heterocycles. The molecule has 2 N–H and O–H groups in total. The first-order chi connectivity index (χ1) is 9.22. The summed E-state index contributed by atoms with van der Waals surface area (Å²) in [4.78, 5) is 12.4. The summed E-state index contributed by atoms with van der Waals surface area (Å²) in [7, 11) is 0. The summed E-state index contributed by atoms with van der Waals surface area (Å²) in [6, 6.07) is 16.2. The van der Waals surface area contributed by atoms with Crippen LogP contribution in [0.5, 0.6) is 0 Å². The lowest BCUT2D eigenvalue weighted by Gasteiger charge is -2.11. The second-order valence-electron chi connectivity index (χ2n) is 4.39. The van der Waals surface area contributed by atoms with Gasteiger partial charge >= 0.3 is 0 Å². The number of benzene rings is 2. The van der Waals surface area contributed by atoms with Gasteiger partial charge in [0.2, 0.25) is 0 Å². The number of aliphatic hydroxyl groups is 2. The minimum atomic E-state index is -0.843. The van der Waals surface area contributed by atoms with E-state index in [2.05, 4.69) is 0 Å². The van der Waals surface area contributed by atoms with Crippen LogP contribution in [0.3, 0.4) is 0 Å². The molecule has 0 radical (unpaired) electrons. The molecule has 3 heteroatoms. The van der Waals surface area contributed by atoms with Gasteiger partial charge in [-0.15, -0.1) is 0 Å². The number of carbonyl (C=O) groups excluding carboxylic acids is 1. The number of hydrogen-bond donors (Lipinski definition) is 2. The summed E-state index contributed by atoms with van der Waals surface area (Å²) in [5.41, 5.74) is 1.94. The summed E-state index contributed by atoms with van der Waals surface area (Å²) in [5, 5.41) is 18.4. The lowest BCUT2D eigenvalue weighted by atomic mass is 9.95. The molecule has 0 aromatic heterocycles. The topological polar surface area (TPSA) is 57.5 Å². The van der Waals surface area contributed by atoms with E-state index in [1.807, 2.05) is 24.3 Å². The standard InChI is InChI=1S/C16H16O3/c17-11-14(18)10-13-8-4-5-9-15(13)16(19)12-6-2-1-3-7-12/h1-9,14,17-18H,10-11H2. The quantitative estimate of drug-likeness (QED) is 0.802. The molecule has 0 spiro atoms. The van der Waals surface area contributed by atoms with Crippen molar-refractivity contribution in [3.63, 3.8) is 0 Å². The highest BCUT2D eigenvalue weighted by molar-refractivity contribution is 6.09. The van der Waals surface area contributed by atoms with Gasteiger partial charge in [0.1, 0.15) is 0 Å². The summed E-state index contributed by atoms with van der Waals surface area (Å²) in [5.74, 6) is -0.0682. The zero-order chi connectivity index (χ0) is 13.7. The number of rotatable bonds is 5. The monoisotopic (exact) mass is 256 g/mol. The molecular weight excluding hydrogens is 240 g/mol. The van der Waals surface area contributed by atoms with Crippen LogP contribution in [0.1, 0.15) is 21.5 Å². The van der Waals surface area contributed by atoms with E-state index in [4.69, 9.17) is 5.11 Å². The Morgan fingerprint density at radius 3 is 2.32 bits per heavy atom. The van der Waals surface area contributed by atoms with Crippen molar-refractivity contribution in [1.82, 2.24) is 0 Å². The van der Waals surface area contributed by atoms with Crippen LogP contribution >= 0.6 is 0 Å². The Balaban J connectivity index is 2.32. The van der Waals surface area contributed by atoms with Gasteiger partial charge in [-0.25, -0.2) is 0 Å². The largest absolute Gasteiger partial charge is 0.394 e. The molecule has 0 fully saturated rings. The fourth-order valence-electron chi connectivity index (χ4n) is 1.98. The molecule has 0 aliphatic carbocycles. The van der Waals surface area contributed by atoms with Crippen LogP contribution in [0, 0.1) is 0 Å². The molecule has 19 heavy (non-hydrogen) atoms. The van der Waals surface area contributed by atoms with E-state index in [1.54, 1.807) is 30.3 Å². The number of carbonyl (C=O) groups is 1. The Kier molecular flexibility index (Phi) is 4.44. The van der Waals surface area contributed by atoms with Crippen LogP contribution < -0.4 is 0 Å². The predicted octanol–water partition coefficient (Wildman–Crippen LogP) is 1.81. The molecule has 0 saturated carbocycles. The molecule has 0 heterocycles. The Morgan fingerprint density at radius 2 is 1.63 bits per heavy atom. The second-order valence-corrected chi connectivity index (χ2v) is 4.39. The summed E-state index contributed by atoms with van der Waals surface area (Å²) in [6.07, 6.45) is -0.574. The number of ketones is 1. The Labute approximate surface area is 112 Å². The van der Waals surface area contributed by atoms with Gasteiger partial charge in [-0.2, -0.15) is 0 Å². The van der Waals surface area contributed by atoms with E-state index in [0.717, 1.165) is 5.56 Å². The molecule has 0 bridgehead atoms. The van der Waals surface area contributed by atoms with E-state index in [9.17, 15) is 9.90 Å². The molecular formula is C16H16O3. The maximum Gasteiger partial charge on any atom is 0.193 e. The highest BCUT2D eigenvalue weighted by Gasteiger charge is 2.14. The van der Waals surface area contributed by atoms with Gasteiger partial charge in [0.25, 0.3) is 0 Å². The first-order valence-corrected chi connectivity index (χ1v) is 6.19. The smallest absolute Gasteiger partial charge is 0.193 e. The Morgan fingerprint density at radius 1 is 1.00 bits per heavy atom. The fraction of sp³-hybridized carbons (Fsp3) is 0.188. The number of aliphatic hydroxyl groups excluding tert-OH is 2. The van der Waals surface area contributed by atoms with Crippen molar-refractivity contribution in [1.29, 1.82) is 0 Å². The van der Waals surface area contributed by atoms with Crippen molar-refractivity contribution >= 4 is 5.78 Å². The van der Waals surface area contributed by atoms with Crippen LogP contribution in [0.15, 0.2) is 54.6 Å². The molecule has 2 rings (SSSR count). The summed E-state index contributed by atoms with van der Waals surface area (Å²) >= 11 is 0. The minimum absolute atomic E-state index is 0.0682. The molecule has 0 aliphatic heterocycles.